The number of esters is 1. The van der Waals surface area contributed by atoms with Crippen LogP contribution in [0, 0.1) is 0 Å². The Kier molecular flexibility index (Phi) is 6.47. The molecule has 2 unspecified atom stereocenters. The maximum Gasteiger partial charge on any atom is 0.324 e. The molecular formula is C12H24N2O3. The van der Waals surface area contributed by atoms with Crippen molar-refractivity contribution in [3.63, 3.8) is 0 Å². The van der Waals surface area contributed by atoms with E-state index in [0.717, 1.165) is 26.3 Å². The number of rotatable bonds is 6. The van der Waals surface area contributed by atoms with Crippen molar-refractivity contribution in [2.24, 2.45) is 0 Å². The van der Waals surface area contributed by atoms with Crippen LogP contribution in [0.25, 0.3) is 0 Å². The zero-order valence-electron chi connectivity index (χ0n) is 11.1. The quantitative estimate of drug-likeness (QED) is 0.679. The third-order valence-electron chi connectivity index (χ3n) is 2.94. The van der Waals surface area contributed by atoms with E-state index in [2.05, 4.69) is 17.1 Å². The lowest BCUT2D eigenvalue weighted by atomic mass is 10.2. The van der Waals surface area contributed by atoms with Gasteiger partial charge in [-0.25, -0.2) is 0 Å². The minimum absolute atomic E-state index is 0.159. The molecule has 0 amide bonds. The fourth-order valence-corrected chi connectivity index (χ4v) is 1.98. The number of morpholine rings is 1. The first-order valence-corrected chi connectivity index (χ1v) is 6.40. The molecule has 1 heterocycles. The molecule has 0 aliphatic carbocycles. The summed E-state index contributed by atoms with van der Waals surface area (Å²) in [5.41, 5.74) is 0. The zero-order valence-corrected chi connectivity index (χ0v) is 11.1. The lowest BCUT2D eigenvalue weighted by molar-refractivity contribution is -0.146. The van der Waals surface area contributed by atoms with Crippen LogP contribution in [0.4, 0.5) is 0 Å². The summed E-state index contributed by atoms with van der Waals surface area (Å²) in [5, 5.41) is 3.18. The van der Waals surface area contributed by atoms with Gasteiger partial charge in [0.2, 0.25) is 0 Å². The summed E-state index contributed by atoms with van der Waals surface area (Å²) < 4.78 is 10.5. The van der Waals surface area contributed by atoms with Gasteiger partial charge in [0, 0.05) is 19.1 Å². The first kappa shape index (κ1) is 14.4. The summed E-state index contributed by atoms with van der Waals surface area (Å²) in [6.45, 7) is 10.2. The molecule has 1 rings (SSSR count). The normalized spacial score (nSPS) is 23.4. The van der Waals surface area contributed by atoms with Crippen molar-refractivity contribution < 1.29 is 14.3 Å². The minimum atomic E-state index is -0.236. The van der Waals surface area contributed by atoms with Gasteiger partial charge in [0.15, 0.2) is 0 Å². The predicted molar refractivity (Wildman–Crippen MR) is 66.0 cm³/mol. The third kappa shape index (κ3) is 4.61. The Bertz CT molecular complexity index is 236. The molecule has 2 atom stereocenters. The van der Waals surface area contributed by atoms with Crippen LogP contribution in [0.15, 0.2) is 0 Å². The molecule has 17 heavy (non-hydrogen) atoms. The first-order chi connectivity index (χ1) is 8.19. The fourth-order valence-electron chi connectivity index (χ4n) is 1.98. The van der Waals surface area contributed by atoms with E-state index >= 15 is 0 Å². The lowest BCUT2D eigenvalue weighted by Gasteiger charge is -2.35. The molecule has 0 bridgehead atoms. The zero-order chi connectivity index (χ0) is 12.7. The smallest absolute Gasteiger partial charge is 0.324 e. The van der Waals surface area contributed by atoms with Crippen molar-refractivity contribution in [3.05, 3.63) is 0 Å². The lowest BCUT2D eigenvalue weighted by Crippen LogP contribution is -2.52. The van der Waals surface area contributed by atoms with Gasteiger partial charge in [-0.1, -0.05) is 6.92 Å². The SMILES string of the molecule is CCNC(CN1CCOCC1C)C(=O)OCC. The summed E-state index contributed by atoms with van der Waals surface area (Å²) in [6, 6.07) is 0.125. The number of ether oxygens (including phenoxy) is 2. The highest BCUT2D eigenvalue weighted by Crippen LogP contribution is 2.07. The maximum absolute atomic E-state index is 11.8. The summed E-state index contributed by atoms with van der Waals surface area (Å²) >= 11 is 0. The van der Waals surface area contributed by atoms with Gasteiger partial charge in [-0.05, 0) is 20.4 Å². The van der Waals surface area contributed by atoms with E-state index in [1.54, 1.807) is 0 Å². The van der Waals surface area contributed by atoms with Crippen LogP contribution in [0.2, 0.25) is 0 Å². The average Bonchev–Trinajstić information content (AvgIpc) is 2.31. The van der Waals surface area contributed by atoms with Gasteiger partial charge in [0.1, 0.15) is 6.04 Å². The average molecular weight is 244 g/mol. The second-order valence-electron chi connectivity index (χ2n) is 4.28. The van der Waals surface area contributed by atoms with Crippen molar-refractivity contribution in [1.82, 2.24) is 10.2 Å². The second kappa shape index (κ2) is 7.63. The van der Waals surface area contributed by atoms with Crippen LogP contribution in [-0.4, -0.2) is 62.4 Å². The van der Waals surface area contributed by atoms with E-state index in [1.807, 2.05) is 13.8 Å². The van der Waals surface area contributed by atoms with Crippen molar-refractivity contribution in [1.29, 1.82) is 0 Å². The van der Waals surface area contributed by atoms with Crippen LogP contribution in [0.5, 0.6) is 0 Å². The Morgan fingerprint density at radius 2 is 2.35 bits per heavy atom. The van der Waals surface area contributed by atoms with Crippen LogP contribution in [-0.2, 0) is 14.3 Å². The molecule has 0 spiro atoms. The molecule has 0 aromatic carbocycles. The molecule has 0 aromatic rings. The number of nitrogens with one attached hydrogen (secondary N) is 1. The highest BCUT2D eigenvalue weighted by molar-refractivity contribution is 5.76. The van der Waals surface area contributed by atoms with Gasteiger partial charge in [0.25, 0.3) is 0 Å². The summed E-state index contributed by atoms with van der Waals surface area (Å²) in [5.74, 6) is -0.159. The third-order valence-corrected chi connectivity index (χ3v) is 2.94. The Morgan fingerprint density at radius 3 is 2.94 bits per heavy atom. The van der Waals surface area contributed by atoms with E-state index in [9.17, 15) is 4.79 Å². The van der Waals surface area contributed by atoms with E-state index in [-0.39, 0.29) is 12.0 Å². The van der Waals surface area contributed by atoms with Crippen molar-refractivity contribution in [3.8, 4) is 0 Å². The van der Waals surface area contributed by atoms with Crippen LogP contribution in [0.3, 0.4) is 0 Å². The van der Waals surface area contributed by atoms with Gasteiger partial charge in [-0.15, -0.1) is 0 Å². The Morgan fingerprint density at radius 1 is 1.59 bits per heavy atom. The molecule has 1 fully saturated rings. The molecule has 0 saturated carbocycles. The van der Waals surface area contributed by atoms with Crippen LogP contribution in [0.1, 0.15) is 20.8 Å². The summed E-state index contributed by atoms with van der Waals surface area (Å²) in [4.78, 5) is 14.0. The standard InChI is InChI=1S/C12H24N2O3/c1-4-13-11(12(15)17-5-2)8-14-6-7-16-9-10(14)3/h10-11,13H,4-9H2,1-3H3. The van der Waals surface area contributed by atoms with Crippen molar-refractivity contribution in [2.45, 2.75) is 32.9 Å². The highest BCUT2D eigenvalue weighted by Gasteiger charge is 2.26. The van der Waals surface area contributed by atoms with E-state index in [1.165, 1.54) is 0 Å². The fraction of sp³-hybridized carbons (Fsp3) is 0.917. The maximum atomic E-state index is 11.8. The molecular weight excluding hydrogens is 220 g/mol. The van der Waals surface area contributed by atoms with Crippen molar-refractivity contribution >= 4 is 5.97 Å². The van der Waals surface area contributed by atoms with Crippen LogP contribution < -0.4 is 5.32 Å². The minimum Gasteiger partial charge on any atom is -0.465 e. The van der Waals surface area contributed by atoms with Gasteiger partial charge in [0.05, 0.1) is 19.8 Å². The van der Waals surface area contributed by atoms with Gasteiger partial charge >= 0.3 is 5.97 Å². The largest absolute Gasteiger partial charge is 0.465 e. The molecule has 1 saturated heterocycles. The topological polar surface area (TPSA) is 50.8 Å². The number of nitrogens with zero attached hydrogens (tertiary/aromatic N) is 1. The Balaban J connectivity index is 2.49. The monoisotopic (exact) mass is 244 g/mol. The second-order valence-corrected chi connectivity index (χ2v) is 4.28. The molecule has 1 aliphatic rings. The van der Waals surface area contributed by atoms with Crippen LogP contribution >= 0.6 is 0 Å². The highest BCUT2D eigenvalue weighted by atomic mass is 16.5. The van der Waals surface area contributed by atoms with E-state index < -0.39 is 0 Å². The summed E-state index contributed by atoms with van der Waals surface area (Å²) in [6.07, 6.45) is 0. The van der Waals surface area contributed by atoms with E-state index in [4.69, 9.17) is 9.47 Å². The number of carbonyl (C=O) groups excluding carboxylic acids is 1. The molecule has 0 radical (unpaired) electrons. The summed E-state index contributed by atoms with van der Waals surface area (Å²) in [7, 11) is 0. The predicted octanol–water partition coefficient (Wildman–Crippen LogP) is 0.248. The molecule has 5 heteroatoms. The van der Waals surface area contributed by atoms with Gasteiger partial charge in [-0.3, -0.25) is 9.69 Å². The van der Waals surface area contributed by atoms with Gasteiger partial charge < -0.3 is 14.8 Å². The molecule has 1 aliphatic heterocycles. The van der Waals surface area contributed by atoms with Gasteiger partial charge in [-0.2, -0.15) is 0 Å². The number of hydrogen-bond acceptors (Lipinski definition) is 5. The number of hydrogen-bond donors (Lipinski definition) is 1. The number of carbonyl (C=O) groups is 1. The van der Waals surface area contributed by atoms with Crippen molar-refractivity contribution in [2.75, 3.05) is 39.5 Å². The molecule has 5 nitrogen and oxygen atoms in total. The Labute approximate surface area is 103 Å². The Hall–Kier alpha value is -0.650. The molecule has 100 valence electrons. The number of likely N-dealkylation sites (N-methyl/N-ethyl adjacent to an activating group) is 1. The van der Waals surface area contributed by atoms with E-state index in [0.29, 0.717) is 19.2 Å². The molecule has 1 N–H and O–H groups in total. The molecule has 0 aromatic heterocycles. The first-order valence-electron chi connectivity index (χ1n) is 6.40.